The van der Waals surface area contributed by atoms with Crippen LogP contribution in [0.4, 0.5) is 0 Å². The van der Waals surface area contributed by atoms with E-state index in [-0.39, 0.29) is 11.9 Å². The van der Waals surface area contributed by atoms with Crippen LogP contribution in [0.2, 0.25) is 0 Å². The quantitative estimate of drug-likeness (QED) is 0.878. The zero-order chi connectivity index (χ0) is 17.6. The number of rotatable bonds is 6. The Hall–Kier alpha value is -2.14. The predicted octanol–water partition coefficient (Wildman–Crippen LogP) is 3.26. The molecular formula is C20H28N4O. The Morgan fingerprint density at radius 3 is 2.56 bits per heavy atom. The van der Waals surface area contributed by atoms with Crippen molar-refractivity contribution in [2.75, 3.05) is 13.1 Å². The average molecular weight is 340 g/mol. The molecule has 25 heavy (non-hydrogen) atoms. The summed E-state index contributed by atoms with van der Waals surface area (Å²) in [5.41, 5.74) is 1.72. The van der Waals surface area contributed by atoms with Gasteiger partial charge < -0.3 is 9.88 Å². The molecule has 1 aliphatic carbocycles. The molecule has 5 heteroatoms. The summed E-state index contributed by atoms with van der Waals surface area (Å²) in [6.07, 6.45) is 10.1. The second-order valence-corrected chi connectivity index (χ2v) is 6.67. The number of benzene rings is 1. The van der Waals surface area contributed by atoms with Crippen molar-refractivity contribution in [3.05, 3.63) is 48.5 Å². The van der Waals surface area contributed by atoms with Crippen molar-refractivity contribution < 1.29 is 4.79 Å². The number of imidazole rings is 1. The lowest BCUT2D eigenvalue weighted by atomic mass is 9.88. The molecule has 5 nitrogen and oxygen atoms in total. The minimum Gasteiger partial charge on any atom is -0.348 e. The van der Waals surface area contributed by atoms with Crippen LogP contribution in [-0.2, 0) is 0 Å². The Morgan fingerprint density at radius 2 is 1.92 bits per heavy atom. The van der Waals surface area contributed by atoms with E-state index in [4.69, 9.17) is 0 Å². The molecule has 0 aliphatic heterocycles. The zero-order valence-corrected chi connectivity index (χ0v) is 15.2. The fourth-order valence-electron chi connectivity index (χ4n) is 3.86. The molecule has 1 N–H and O–H groups in total. The maximum atomic E-state index is 12.7. The van der Waals surface area contributed by atoms with E-state index < -0.39 is 0 Å². The Morgan fingerprint density at radius 1 is 1.20 bits per heavy atom. The lowest BCUT2D eigenvalue weighted by molar-refractivity contribution is 0.0846. The van der Waals surface area contributed by atoms with Crippen LogP contribution in [0.25, 0.3) is 5.69 Å². The van der Waals surface area contributed by atoms with Crippen molar-refractivity contribution in [2.45, 2.75) is 51.6 Å². The third-order valence-corrected chi connectivity index (χ3v) is 5.26. The van der Waals surface area contributed by atoms with Gasteiger partial charge in [-0.25, -0.2) is 4.98 Å². The van der Waals surface area contributed by atoms with Gasteiger partial charge in [-0.2, -0.15) is 0 Å². The molecule has 1 aromatic heterocycles. The van der Waals surface area contributed by atoms with E-state index in [0.717, 1.165) is 25.2 Å². The van der Waals surface area contributed by atoms with Crippen LogP contribution in [0, 0.1) is 0 Å². The molecule has 1 aromatic carbocycles. The number of amides is 1. The Balaban J connectivity index is 1.68. The standard InChI is InChI=1S/C20H28N4O/c1-3-23(4-2)19-8-6-5-7-18(19)22-20(25)16-9-11-17(12-10-16)24-14-13-21-15-24/h9-15,18-19H,3-8H2,1-2H3,(H,22,25). The van der Waals surface area contributed by atoms with Gasteiger partial charge in [-0.15, -0.1) is 0 Å². The van der Waals surface area contributed by atoms with Crippen LogP contribution in [0.1, 0.15) is 49.9 Å². The van der Waals surface area contributed by atoms with Gasteiger partial charge in [-0.3, -0.25) is 9.69 Å². The molecule has 0 spiro atoms. The minimum atomic E-state index is 0.0289. The molecule has 2 unspecified atom stereocenters. The first-order valence-corrected chi connectivity index (χ1v) is 9.36. The first-order valence-electron chi connectivity index (χ1n) is 9.36. The molecule has 0 radical (unpaired) electrons. The summed E-state index contributed by atoms with van der Waals surface area (Å²) in [6.45, 7) is 6.47. The second kappa shape index (κ2) is 8.30. The van der Waals surface area contributed by atoms with Crippen LogP contribution in [0.3, 0.4) is 0 Å². The van der Waals surface area contributed by atoms with Crippen molar-refractivity contribution in [2.24, 2.45) is 0 Å². The Bertz CT molecular complexity index is 662. The van der Waals surface area contributed by atoms with Gasteiger partial charge in [-0.05, 0) is 50.2 Å². The molecular weight excluding hydrogens is 312 g/mol. The molecule has 1 saturated carbocycles. The largest absolute Gasteiger partial charge is 0.348 e. The summed E-state index contributed by atoms with van der Waals surface area (Å²) < 4.78 is 1.93. The number of carbonyl (C=O) groups is 1. The number of nitrogens with one attached hydrogen (secondary N) is 1. The topological polar surface area (TPSA) is 50.2 Å². The average Bonchev–Trinajstić information content (AvgIpc) is 3.19. The molecule has 1 heterocycles. The molecule has 1 fully saturated rings. The van der Waals surface area contributed by atoms with Crippen LogP contribution in [-0.4, -0.2) is 45.5 Å². The number of aromatic nitrogens is 2. The van der Waals surface area contributed by atoms with E-state index in [1.807, 2.05) is 35.0 Å². The van der Waals surface area contributed by atoms with E-state index in [2.05, 4.69) is 29.0 Å². The predicted molar refractivity (Wildman–Crippen MR) is 100.0 cm³/mol. The van der Waals surface area contributed by atoms with E-state index in [1.165, 1.54) is 19.3 Å². The van der Waals surface area contributed by atoms with Gasteiger partial charge in [0.1, 0.15) is 0 Å². The first-order chi connectivity index (χ1) is 12.2. The number of hydrogen-bond donors (Lipinski definition) is 1. The van der Waals surface area contributed by atoms with Gasteiger partial charge in [0.15, 0.2) is 0 Å². The van der Waals surface area contributed by atoms with Crippen LogP contribution >= 0.6 is 0 Å². The van der Waals surface area contributed by atoms with Crippen molar-refractivity contribution in [3.63, 3.8) is 0 Å². The summed E-state index contributed by atoms with van der Waals surface area (Å²) in [5, 5.41) is 3.29. The van der Waals surface area contributed by atoms with Crippen LogP contribution in [0.15, 0.2) is 43.0 Å². The summed E-state index contributed by atoms with van der Waals surface area (Å²) >= 11 is 0. The van der Waals surface area contributed by atoms with Crippen LogP contribution in [0.5, 0.6) is 0 Å². The van der Waals surface area contributed by atoms with E-state index in [0.29, 0.717) is 11.6 Å². The first kappa shape index (κ1) is 17.7. The highest BCUT2D eigenvalue weighted by Gasteiger charge is 2.30. The molecule has 2 atom stereocenters. The van der Waals surface area contributed by atoms with Gasteiger partial charge >= 0.3 is 0 Å². The minimum absolute atomic E-state index is 0.0289. The molecule has 3 rings (SSSR count). The highest BCUT2D eigenvalue weighted by atomic mass is 16.1. The fraction of sp³-hybridized carbons (Fsp3) is 0.500. The molecule has 1 amide bonds. The summed E-state index contributed by atoms with van der Waals surface area (Å²) in [4.78, 5) is 19.2. The van der Waals surface area contributed by atoms with Gasteiger partial charge in [-0.1, -0.05) is 26.7 Å². The lowest BCUT2D eigenvalue weighted by Gasteiger charge is -2.39. The normalized spacial score (nSPS) is 20.6. The van der Waals surface area contributed by atoms with Crippen molar-refractivity contribution in [3.8, 4) is 5.69 Å². The highest BCUT2D eigenvalue weighted by molar-refractivity contribution is 5.94. The SMILES string of the molecule is CCN(CC)C1CCCCC1NC(=O)c1ccc(-n2ccnc2)cc1. The third kappa shape index (κ3) is 4.10. The fourth-order valence-corrected chi connectivity index (χ4v) is 3.86. The molecule has 134 valence electrons. The monoisotopic (exact) mass is 340 g/mol. The highest BCUT2D eigenvalue weighted by Crippen LogP contribution is 2.23. The zero-order valence-electron chi connectivity index (χ0n) is 15.2. The number of likely N-dealkylation sites (N-methyl/N-ethyl adjacent to an activating group) is 1. The third-order valence-electron chi connectivity index (χ3n) is 5.26. The number of nitrogens with zero attached hydrogens (tertiary/aromatic N) is 3. The number of carbonyl (C=O) groups excluding carboxylic acids is 1. The summed E-state index contributed by atoms with van der Waals surface area (Å²) in [7, 11) is 0. The van der Waals surface area contributed by atoms with Gasteiger partial charge in [0.2, 0.25) is 0 Å². The van der Waals surface area contributed by atoms with Gasteiger partial charge in [0, 0.05) is 35.7 Å². The Kier molecular flexibility index (Phi) is 5.87. The van der Waals surface area contributed by atoms with E-state index >= 15 is 0 Å². The van der Waals surface area contributed by atoms with Gasteiger partial charge in [0.05, 0.1) is 6.33 Å². The van der Waals surface area contributed by atoms with Crippen LogP contribution < -0.4 is 5.32 Å². The summed E-state index contributed by atoms with van der Waals surface area (Å²) in [6, 6.07) is 8.39. The van der Waals surface area contributed by atoms with Gasteiger partial charge in [0.25, 0.3) is 5.91 Å². The van der Waals surface area contributed by atoms with E-state index in [9.17, 15) is 4.79 Å². The smallest absolute Gasteiger partial charge is 0.251 e. The lowest BCUT2D eigenvalue weighted by Crippen LogP contribution is -2.53. The van der Waals surface area contributed by atoms with Crippen molar-refractivity contribution >= 4 is 5.91 Å². The molecule has 1 aliphatic rings. The van der Waals surface area contributed by atoms with E-state index in [1.54, 1.807) is 12.5 Å². The molecule has 2 aromatic rings. The Labute approximate surface area is 150 Å². The maximum absolute atomic E-state index is 12.7. The molecule has 0 saturated heterocycles. The second-order valence-electron chi connectivity index (χ2n) is 6.67. The molecule has 0 bridgehead atoms. The van der Waals surface area contributed by atoms with Crippen molar-refractivity contribution in [1.29, 1.82) is 0 Å². The van der Waals surface area contributed by atoms with Crippen molar-refractivity contribution in [1.82, 2.24) is 19.8 Å². The number of hydrogen-bond acceptors (Lipinski definition) is 3. The maximum Gasteiger partial charge on any atom is 0.251 e. The summed E-state index contributed by atoms with van der Waals surface area (Å²) in [5.74, 6) is 0.0289.